The van der Waals surface area contributed by atoms with Gasteiger partial charge in [-0.2, -0.15) is 0 Å². The van der Waals surface area contributed by atoms with Gasteiger partial charge in [0, 0.05) is 20.5 Å². The molecule has 2 atom stereocenters. The molecular formula is C20H22N4O2. The van der Waals surface area contributed by atoms with Crippen molar-refractivity contribution in [3.8, 4) is 0 Å². The Morgan fingerprint density at radius 2 is 1.77 bits per heavy atom. The summed E-state index contributed by atoms with van der Waals surface area (Å²) in [6, 6.07) is 13.5. The van der Waals surface area contributed by atoms with Crippen LogP contribution >= 0.6 is 0 Å². The van der Waals surface area contributed by atoms with E-state index in [1.165, 1.54) is 0 Å². The lowest BCUT2D eigenvalue weighted by atomic mass is 10.0. The van der Waals surface area contributed by atoms with E-state index in [0.29, 0.717) is 12.2 Å². The lowest BCUT2D eigenvalue weighted by Crippen LogP contribution is -2.49. The van der Waals surface area contributed by atoms with Gasteiger partial charge in [-0.15, -0.1) is 0 Å². The van der Waals surface area contributed by atoms with Crippen molar-refractivity contribution in [1.29, 1.82) is 0 Å². The van der Waals surface area contributed by atoms with Crippen LogP contribution in [0, 0.1) is 0 Å². The molecule has 6 heteroatoms. The summed E-state index contributed by atoms with van der Waals surface area (Å²) in [6.45, 7) is 1.86. The number of pyridine rings is 1. The lowest BCUT2D eigenvalue weighted by Gasteiger charge is -2.37. The summed E-state index contributed by atoms with van der Waals surface area (Å²) in [7, 11) is 3.63. The van der Waals surface area contributed by atoms with Crippen LogP contribution in [0.3, 0.4) is 0 Å². The van der Waals surface area contributed by atoms with Gasteiger partial charge in [0.05, 0.1) is 11.7 Å². The predicted octanol–water partition coefficient (Wildman–Crippen LogP) is 2.75. The summed E-state index contributed by atoms with van der Waals surface area (Å²) in [4.78, 5) is 35.0. The molecular weight excluding hydrogens is 328 g/mol. The average Bonchev–Trinajstić information content (AvgIpc) is 3.06. The summed E-state index contributed by atoms with van der Waals surface area (Å²) >= 11 is 0. The number of fused-ring (bicyclic) bond motifs is 1. The molecule has 26 heavy (non-hydrogen) atoms. The van der Waals surface area contributed by atoms with Gasteiger partial charge in [0.25, 0.3) is 0 Å². The minimum atomic E-state index is -0.283. The molecule has 0 aliphatic carbocycles. The first-order chi connectivity index (χ1) is 12.5. The molecule has 1 unspecified atom stereocenters. The zero-order valence-corrected chi connectivity index (χ0v) is 15.2. The Labute approximate surface area is 153 Å². The highest BCUT2D eigenvalue weighted by molar-refractivity contribution is 6.04. The minimum absolute atomic E-state index is 0.0000633. The Morgan fingerprint density at radius 1 is 1.04 bits per heavy atom. The molecule has 134 valence electrons. The van der Waals surface area contributed by atoms with Crippen molar-refractivity contribution < 1.29 is 9.59 Å². The second-order valence-electron chi connectivity index (χ2n) is 6.93. The molecule has 2 aliphatic heterocycles. The number of carbonyl (C=O) groups is 2. The van der Waals surface area contributed by atoms with Crippen molar-refractivity contribution in [3.63, 3.8) is 0 Å². The number of aromatic nitrogens is 1. The SMILES string of the molecule is C[C@@H]1C(=O)N(C)c2ccc(N3C(=O)CCC3c3ccccc3)nc2N1C. The van der Waals surface area contributed by atoms with Crippen molar-refractivity contribution in [2.24, 2.45) is 0 Å². The molecule has 1 aromatic carbocycles. The smallest absolute Gasteiger partial charge is 0.249 e. The molecule has 1 fully saturated rings. The number of carbonyl (C=O) groups excluding carboxylic acids is 2. The molecule has 0 N–H and O–H groups in total. The van der Waals surface area contributed by atoms with Crippen LogP contribution in [0.2, 0.25) is 0 Å². The molecule has 0 radical (unpaired) electrons. The molecule has 0 bridgehead atoms. The number of hydrogen-bond acceptors (Lipinski definition) is 4. The highest BCUT2D eigenvalue weighted by Gasteiger charge is 2.37. The molecule has 6 nitrogen and oxygen atoms in total. The third-order valence-corrected chi connectivity index (χ3v) is 5.45. The van der Waals surface area contributed by atoms with E-state index < -0.39 is 0 Å². The first-order valence-corrected chi connectivity index (χ1v) is 8.87. The summed E-state index contributed by atoms with van der Waals surface area (Å²) < 4.78 is 0. The van der Waals surface area contributed by atoms with Gasteiger partial charge in [-0.3, -0.25) is 14.5 Å². The molecule has 2 aliphatic rings. The van der Waals surface area contributed by atoms with Crippen LogP contribution in [0.1, 0.15) is 31.4 Å². The van der Waals surface area contributed by atoms with E-state index in [1.54, 1.807) is 16.8 Å². The molecule has 4 rings (SSSR count). The minimum Gasteiger partial charge on any atom is -0.346 e. The van der Waals surface area contributed by atoms with E-state index in [-0.39, 0.29) is 23.9 Å². The Kier molecular flexibility index (Phi) is 3.90. The summed E-state index contributed by atoms with van der Waals surface area (Å²) in [5.74, 6) is 1.49. The largest absolute Gasteiger partial charge is 0.346 e. The van der Waals surface area contributed by atoms with Crippen LogP contribution in [0.25, 0.3) is 0 Å². The summed E-state index contributed by atoms with van der Waals surface area (Å²) in [6.07, 6.45) is 1.30. The van der Waals surface area contributed by atoms with Gasteiger partial charge in [0.2, 0.25) is 11.8 Å². The Bertz CT molecular complexity index is 867. The van der Waals surface area contributed by atoms with Gasteiger partial charge in [0.15, 0.2) is 5.82 Å². The lowest BCUT2D eigenvalue weighted by molar-refractivity contribution is -0.119. The third-order valence-electron chi connectivity index (χ3n) is 5.45. The second kappa shape index (κ2) is 6.12. The number of likely N-dealkylation sites (N-methyl/N-ethyl adjacent to an activating group) is 2. The van der Waals surface area contributed by atoms with E-state index >= 15 is 0 Å². The first-order valence-electron chi connectivity index (χ1n) is 8.87. The maximum atomic E-state index is 12.6. The maximum absolute atomic E-state index is 12.6. The van der Waals surface area contributed by atoms with E-state index in [4.69, 9.17) is 4.98 Å². The van der Waals surface area contributed by atoms with E-state index in [1.807, 2.05) is 49.2 Å². The van der Waals surface area contributed by atoms with Crippen molar-refractivity contribution in [2.45, 2.75) is 31.8 Å². The van der Waals surface area contributed by atoms with Gasteiger partial charge >= 0.3 is 0 Å². The fourth-order valence-electron chi connectivity index (χ4n) is 3.80. The number of rotatable bonds is 2. The fraction of sp³-hybridized carbons (Fsp3) is 0.350. The molecule has 2 aromatic rings. The number of nitrogens with zero attached hydrogens (tertiary/aromatic N) is 4. The van der Waals surface area contributed by atoms with Crippen LogP contribution in [0.5, 0.6) is 0 Å². The first kappa shape index (κ1) is 16.6. The van der Waals surface area contributed by atoms with Crippen LogP contribution in [0.4, 0.5) is 17.3 Å². The molecule has 2 amide bonds. The molecule has 1 aromatic heterocycles. The van der Waals surface area contributed by atoms with Crippen molar-refractivity contribution in [1.82, 2.24) is 4.98 Å². The monoisotopic (exact) mass is 350 g/mol. The molecule has 0 spiro atoms. The molecule has 1 saturated heterocycles. The van der Waals surface area contributed by atoms with E-state index in [2.05, 4.69) is 12.1 Å². The number of anilines is 3. The zero-order chi connectivity index (χ0) is 18.4. The van der Waals surface area contributed by atoms with E-state index in [0.717, 1.165) is 23.5 Å². The van der Waals surface area contributed by atoms with Crippen molar-refractivity contribution in [2.75, 3.05) is 28.8 Å². The zero-order valence-electron chi connectivity index (χ0n) is 15.2. The van der Waals surface area contributed by atoms with Gasteiger partial charge < -0.3 is 9.80 Å². The van der Waals surface area contributed by atoms with E-state index in [9.17, 15) is 9.59 Å². The quantitative estimate of drug-likeness (QED) is 0.836. The van der Waals surface area contributed by atoms with Crippen LogP contribution < -0.4 is 14.7 Å². The fourth-order valence-corrected chi connectivity index (χ4v) is 3.80. The summed E-state index contributed by atoms with van der Waals surface area (Å²) in [5, 5.41) is 0. The average molecular weight is 350 g/mol. The standard InChI is InChI=1S/C20H22N4O2/c1-13-20(26)23(3)16-9-11-17(21-19(16)22(13)2)24-15(10-12-18(24)25)14-7-5-4-6-8-14/h4-9,11,13,15H,10,12H2,1-3H3/t13-,15?/m1/s1. The van der Waals surface area contributed by atoms with Crippen LogP contribution in [-0.4, -0.2) is 36.9 Å². The van der Waals surface area contributed by atoms with Gasteiger partial charge in [-0.1, -0.05) is 30.3 Å². The van der Waals surface area contributed by atoms with Crippen LogP contribution in [0.15, 0.2) is 42.5 Å². The summed E-state index contributed by atoms with van der Waals surface area (Å²) in [5.41, 5.74) is 1.88. The third kappa shape index (κ3) is 2.44. The highest BCUT2D eigenvalue weighted by Crippen LogP contribution is 2.40. The maximum Gasteiger partial charge on any atom is 0.249 e. The number of benzene rings is 1. The normalized spacial score (nSPS) is 22.8. The predicted molar refractivity (Wildman–Crippen MR) is 101 cm³/mol. The highest BCUT2D eigenvalue weighted by atomic mass is 16.2. The molecule has 3 heterocycles. The Balaban J connectivity index is 1.76. The van der Waals surface area contributed by atoms with Crippen molar-refractivity contribution in [3.05, 3.63) is 48.0 Å². The van der Waals surface area contributed by atoms with Crippen molar-refractivity contribution >= 4 is 29.1 Å². The van der Waals surface area contributed by atoms with Gasteiger partial charge in [-0.25, -0.2) is 4.98 Å². The molecule has 0 saturated carbocycles. The topological polar surface area (TPSA) is 56.8 Å². The van der Waals surface area contributed by atoms with Gasteiger partial charge in [-0.05, 0) is 31.0 Å². The Morgan fingerprint density at radius 3 is 2.50 bits per heavy atom. The number of amides is 2. The number of hydrogen-bond donors (Lipinski definition) is 0. The van der Waals surface area contributed by atoms with Gasteiger partial charge in [0.1, 0.15) is 11.9 Å². The van der Waals surface area contributed by atoms with Crippen LogP contribution in [-0.2, 0) is 9.59 Å². The Hall–Kier alpha value is -2.89. The second-order valence-corrected chi connectivity index (χ2v) is 6.93.